The van der Waals surface area contributed by atoms with Gasteiger partial charge >= 0.3 is 0 Å². The molecule has 21 heavy (non-hydrogen) atoms. The molecule has 1 atom stereocenters. The molecule has 0 aromatic carbocycles. The second-order valence-corrected chi connectivity index (χ2v) is 6.81. The van der Waals surface area contributed by atoms with Gasteiger partial charge in [-0.2, -0.15) is 0 Å². The lowest BCUT2D eigenvalue weighted by atomic mass is 9.79. The zero-order valence-corrected chi connectivity index (χ0v) is 14.2. The van der Waals surface area contributed by atoms with Crippen LogP contribution in [0.3, 0.4) is 0 Å². The largest absolute Gasteiger partial charge is 0.340 e. The summed E-state index contributed by atoms with van der Waals surface area (Å²) in [7, 11) is 0. The van der Waals surface area contributed by atoms with Gasteiger partial charge < -0.3 is 10.2 Å². The summed E-state index contributed by atoms with van der Waals surface area (Å²) in [4.78, 5) is 28.2. The van der Waals surface area contributed by atoms with Crippen LogP contribution in [0.1, 0.15) is 73.1 Å². The molecule has 1 saturated carbocycles. The van der Waals surface area contributed by atoms with Crippen molar-refractivity contribution in [1.82, 2.24) is 10.2 Å². The first-order valence-corrected chi connectivity index (χ1v) is 8.57. The minimum absolute atomic E-state index is 0.0557. The maximum atomic E-state index is 13.3. The maximum Gasteiger partial charge on any atom is 0.249 e. The van der Waals surface area contributed by atoms with E-state index in [1.54, 1.807) is 0 Å². The zero-order valence-electron chi connectivity index (χ0n) is 14.2. The van der Waals surface area contributed by atoms with Crippen molar-refractivity contribution in [1.29, 1.82) is 0 Å². The van der Waals surface area contributed by atoms with E-state index in [1.807, 2.05) is 25.7 Å². The molecule has 120 valence electrons. The van der Waals surface area contributed by atoms with Gasteiger partial charge in [0.15, 0.2) is 0 Å². The van der Waals surface area contributed by atoms with E-state index in [0.29, 0.717) is 18.8 Å². The van der Waals surface area contributed by atoms with Gasteiger partial charge in [0.2, 0.25) is 11.8 Å². The van der Waals surface area contributed by atoms with Crippen molar-refractivity contribution in [3.8, 4) is 0 Å². The van der Waals surface area contributed by atoms with Crippen molar-refractivity contribution in [2.75, 3.05) is 0 Å². The van der Waals surface area contributed by atoms with Crippen molar-refractivity contribution in [2.24, 2.45) is 5.92 Å². The Hall–Kier alpha value is -1.06. The summed E-state index contributed by atoms with van der Waals surface area (Å²) >= 11 is 0. The Morgan fingerprint density at radius 2 is 1.67 bits per heavy atom. The molecule has 2 amide bonds. The maximum absolute atomic E-state index is 13.3. The van der Waals surface area contributed by atoms with E-state index in [2.05, 4.69) is 19.2 Å². The molecule has 1 aliphatic heterocycles. The van der Waals surface area contributed by atoms with Gasteiger partial charge in [0.25, 0.3) is 0 Å². The first-order chi connectivity index (χ1) is 9.91. The van der Waals surface area contributed by atoms with Crippen LogP contribution in [0.2, 0.25) is 0 Å². The molecule has 2 aliphatic rings. The van der Waals surface area contributed by atoms with Gasteiger partial charge in [0.05, 0.1) is 0 Å². The minimum atomic E-state index is -0.700. The summed E-state index contributed by atoms with van der Waals surface area (Å²) in [5, 5.41) is 3.09. The quantitative estimate of drug-likeness (QED) is 0.819. The molecule has 1 heterocycles. The topological polar surface area (TPSA) is 49.4 Å². The minimum Gasteiger partial charge on any atom is -0.340 e. The summed E-state index contributed by atoms with van der Waals surface area (Å²) in [6, 6.07) is 0.159. The first-order valence-electron chi connectivity index (χ1n) is 8.57. The van der Waals surface area contributed by atoms with Gasteiger partial charge in [-0.1, -0.05) is 27.7 Å². The first kappa shape index (κ1) is 16.3. The Balaban J connectivity index is 2.49. The fraction of sp³-hybridized carbons (Fsp3) is 0.882. The van der Waals surface area contributed by atoms with Gasteiger partial charge in [-0.15, -0.1) is 0 Å². The molecule has 2 fully saturated rings. The highest BCUT2D eigenvalue weighted by Crippen LogP contribution is 2.47. The molecule has 1 saturated heterocycles. The molecule has 4 nitrogen and oxygen atoms in total. The van der Waals surface area contributed by atoms with Crippen LogP contribution >= 0.6 is 0 Å². The predicted molar refractivity (Wildman–Crippen MR) is 83.8 cm³/mol. The third kappa shape index (κ3) is 2.27. The molecular weight excluding hydrogens is 264 g/mol. The summed E-state index contributed by atoms with van der Waals surface area (Å²) < 4.78 is 0. The van der Waals surface area contributed by atoms with Crippen molar-refractivity contribution < 1.29 is 9.59 Å². The lowest BCUT2D eigenvalue weighted by molar-refractivity contribution is -0.168. The number of piperazine rings is 1. The second-order valence-electron chi connectivity index (χ2n) is 6.81. The smallest absolute Gasteiger partial charge is 0.249 e. The molecule has 1 aliphatic carbocycles. The van der Waals surface area contributed by atoms with Crippen LogP contribution in [-0.2, 0) is 9.59 Å². The molecule has 4 heteroatoms. The summed E-state index contributed by atoms with van der Waals surface area (Å²) in [5.74, 6) is 0.518. The average Bonchev–Trinajstić information content (AvgIpc) is 3.32. The van der Waals surface area contributed by atoms with Crippen LogP contribution in [0.5, 0.6) is 0 Å². The Bertz CT molecular complexity index is 423. The highest BCUT2D eigenvalue weighted by molar-refractivity contribution is 6.02. The number of carbonyl (C=O) groups excluding carboxylic acids is 2. The van der Waals surface area contributed by atoms with Crippen LogP contribution < -0.4 is 5.32 Å². The van der Waals surface area contributed by atoms with Gasteiger partial charge in [-0.3, -0.25) is 9.59 Å². The molecule has 0 aromatic rings. The van der Waals surface area contributed by atoms with Gasteiger partial charge in [0, 0.05) is 6.04 Å². The average molecular weight is 294 g/mol. The second kappa shape index (κ2) is 5.62. The lowest BCUT2D eigenvalue weighted by Crippen LogP contribution is -2.77. The fourth-order valence-corrected chi connectivity index (χ4v) is 3.90. The van der Waals surface area contributed by atoms with Gasteiger partial charge in [0.1, 0.15) is 11.1 Å². The van der Waals surface area contributed by atoms with E-state index in [-0.39, 0.29) is 17.9 Å². The van der Waals surface area contributed by atoms with Crippen LogP contribution in [0, 0.1) is 5.92 Å². The van der Waals surface area contributed by atoms with Crippen LogP contribution in [-0.4, -0.2) is 33.8 Å². The van der Waals surface area contributed by atoms with Crippen LogP contribution in [0.4, 0.5) is 0 Å². The van der Waals surface area contributed by atoms with E-state index in [4.69, 9.17) is 0 Å². The standard InChI is InChI=1S/C17H30N2O2/c1-6-13(7-2)19-15(21)17(8-3,9-4)18-14(20)16(19,5)12-10-11-12/h12-13H,6-11H2,1-5H3,(H,18,20). The number of hydrogen-bond acceptors (Lipinski definition) is 2. The number of nitrogens with zero attached hydrogens (tertiary/aromatic N) is 1. The monoisotopic (exact) mass is 294 g/mol. The number of amides is 2. The summed E-state index contributed by atoms with van der Waals surface area (Å²) in [6.45, 7) is 10.2. The van der Waals surface area contributed by atoms with Crippen molar-refractivity contribution in [3.63, 3.8) is 0 Å². The lowest BCUT2D eigenvalue weighted by Gasteiger charge is -2.54. The van der Waals surface area contributed by atoms with Crippen LogP contribution in [0.15, 0.2) is 0 Å². The van der Waals surface area contributed by atoms with E-state index in [1.165, 1.54) is 0 Å². The predicted octanol–water partition coefficient (Wildman–Crippen LogP) is 2.86. The van der Waals surface area contributed by atoms with Crippen molar-refractivity contribution in [3.05, 3.63) is 0 Å². The number of carbonyl (C=O) groups is 2. The molecule has 0 spiro atoms. The highest BCUT2D eigenvalue weighted by atomic mass is 16.2. The molecule has 0 radical (unpaired) electrons. The molecule has 1 unspecified atom stereocenters. The third-order valence-corrected chi connectivity index (χ3v) is 5.83. The SMILES string of the molecule is CCC(CC)N1C(=O)C(CC)(CC)NC(=O)C1(C)C1CC1. The van der Waals surface area contributed by atoms with Crippen molar-refractivity contribution >= 4 is 11.8 Å². The molecule has 1 N–H and O–H groups in total. The van der Waals surface area contributed by atoms with Gasteiger partial charge in [-0.25, -0.2) is 0 Å². The Morgan fingerprint density at radius 1 is 1.14 bits per heavy atom. The highest BCUT2D eigenvalue weighted by Gasteiger charge is 2.61. The normalized spacial score (nSPS) is 29.0. The number of hydrogen-bond donors (Lipinski definition) is 1. The molecular formula is C17H30N2O2. The molecule has 0 bridgehead atoms. The van der Waals surface area contributed by atoms with Crippen LogP contribution in [0.25, 0.3) is 0 Å². The molecule has 2 rings (SSSR count). The summed E-state index contributed by atoms with van der Waals surface area (Å²) in [6.07, 6.45) is 5.23. The Labute approximate surface area is 128 Å². The van der Waals surface area contributed by atoms with E-state index >= 15 is 0 Å². The van der Waals surface area contributed by atoms with E-state index in [9.17, 15) is 9.59 Å². The molecule has 0 aromatic heterocycles. The fourth-order valence-electron chi connectivity index (χ4n) is 3.90. The Kier molecular flexibility index (Phi) is 4.36. The van der Waals surface area contributed by atoms with Crippen molar-refractivity contribution in [2.45, 2.75) is 90.3 Å². The Morgan fingerprint density at radius 3 is 2.05 bits per heavy atom. The zero-order chi connectivity index (χ0) is 15.8. The summed E-state index contributed by atoms with van der Waals surface area (Å²) in [5.41, 5.74) is -1.35. The number of nitrogens with one attached hydrogen (secondary N) is 1. The number of rotatable bonds is 6. The van der Waals surface area contributed by atoms with E-state index < -0.39 is 11.1 Å². The third-order valence-electron chi connectivity index (χ3n) is 5.83. The van der Waals surface area contributed by atoms with Gasteiger partial charge in [-0.05, 0) is 51.4 Å². The van der Waals surface area contributed by atoms with E-state index in [0.717, 1.165) is 25.7 Å².